The summed E-state index contributed by atoms with van der Waals surface area (Å²) in [5.74, 6) is 0.272. The van der Waals surface area contributed by atoms with Gasteiger partial charge in [-0.3, -0.25) is 9.10 Å². The Balaban J connectivity index is 1.63. The van der Waals surface area contributed by atoms with Gasteiger partial charge in [-0.15, -0.1) is 0 Å². The van der Waals surface area contributed by atoms with Crippen molar-refractivity contribution < 1.29 is 22.7 Å². The van der Waals surface area contributed by atoms with Crippen molar-refractivity contribution in [2.45, 2.75) is 25.3 Å². The fraction of sp³-hybridized carbons (Fsp3) is 0.207. The zero-order valence-electron chi connectivity index (χ0n) is 21.3. The molecule has 0 saturated carbocycles. The van der Waals surface area contributed by atoms with Crippen LogP contribution in [-0.4, -0.2) is 35.1 Å². The number of methoxy groups -OCH3 is 2. The molecule has 0 aliphatic rings. The molecule has 0 aliphatic heterocycles. The number of nitrogens with one attached hydrogen (secondary N) is 1. The van der Waals surface area contributed by atoms with E-state index in [1.807, 2.05) is 62.4 Å². The summed E-state index contributed by atoms with van der Waals surface area (Å²) in [4.78, 5) is 13.1. The lowest BCUT2D eigenvalue weighted by Crippen LogP contribution is -2.40. The Morgan fingerprint density at radius 1 is 0.811 bits per heavy atom. The first kappa shape index (κ1) is 26.0. The fourth-order valence-corrected chi connectivity index (χ4v) is 5.67. The Kier molecular flexibility index (Phi) is 7.69. The van der Waals surface area contributed by atoms with Gasteiger partial charge in [0.25, 0.3) is 10.0 Å². The maximum atomic E-state index is 13.8. The van der Waals surface area contributed by atoms with E-state index in [-0.39, 0.29) is 23.7 Å². The first-order valence-corrected chi connectivity index (χ1v) is 13.2. The third kappa shape index (κ3) is 5.86. The van der Waals surface area contributed by atoms with Gasteiger partial charge in [0.15, 0.2) is 11.5 Å². The minimum atomic E-state index is -4.12. The van der Waals surface area contributed by atoms with Crippen LogP contribution in [-0.2, 0) is 21.4 Å². The molecule has 4 aromatic carbocycles. The number of ether oxygens (including phenoxy) is 2. The van der Waals surface area contributed by atoms with E-state index in [4.69, 9.17) is 9.47 Å². The van der Waals surface area contributed by atoms with E-state index < -0.39 is 15.9 Å². The monoisotopic (exact) mass is 518 g/mol. The lowest BCUT2D eigenvalue weighted by atomic mass is 10.1. The summed E-state index contributed by atoms with van der Waals surface area (Å²) in [5, 5.41) is 5.05. The molecular formula is C29H30N2O5S. The minimum Gasteiger partial charge on any atom is -0.493 e. The zero-order chi connectivity index (χ0) is 26.6. The number of hydrogen-bond donors (Lipinski definition) is 1. The summed E-state index contributed by atoms with van der Waals surface area (Å²) in [6.07, 6.45) is 0. The van der Waals surface area contributed by atoms with Crippen LogP contribution in [0.25, 0.3) is 10.8 Å². The molecule has 0 fully saturated rings. The summed E-state index contributed by atoms with van der Waals surface area (Å²) in [6, 6.07) is 23.8. The number of amides is 1. The van der Waals surface area contributed by atoms with Gasteiger partial charge in [0, 0.05) is 12.6 Å². The number of carbonyl (C=O) groups is 1. The van der Waals surface area contributed by atoms with Gasteiger partial charge in [-0.05, 0) is 71.6 Å². The Labute approximate surface area is 217 Å². The Bertz CT molecular complexity index is 1530. The number of nitrogens with zero attached hydrogens (tertiary/aromatic N) is 1. The smallest absolute Gasteiger partial charge is 0.264 e. The number of hydrogen-bond acceptors (Lipinski definition) is 5. The topological polar surface area (TPSA) is 84.9 Å². The first-order chi connectivity index (χ1) is 17.7. The average Bonchev–Trinajstić information content (AvgIpc) is 2.89. The SMILES string of the molecule is COc1ccc(S(=O)(=O)N(CC(=O)NCc2ccc3ccccc3c2)c2cc(C)cc(C)c2)cc1OC. The van der Waals surface area contributed by atoms with Crippen molar-refractivity contribution in [2.24, 2.45) is 0 Å². The van der Waals surface area contributed by atoms with Crippen LogP contribution >= 0.6 is 0 Å². The van der Waals surface area contributed by atoms with Crippen LogP contribution < -0.4 is 19.1 Å². The second kappa shape index (κ2) is 10.9. The van der Waals surface area contributed by atoms with E-state index in [2.05, 4.69) is 5.32 Å². The van der Waals surface area contributed by atoms with Crippen LogP contribution in [0.1, 0.15) is 16.7 Å². The minimum absolute atomic E-state index is 0.00774. The normalized spacial score (nSPS) is 11.2. The highest BCUT2D eigenvalue weighted by Gasteiger charge is 2.28. The summed E-state index contributed by atoms with van der Waals surface area (Å²) < 4.78 is 39.3. The van der Waals surface area contributed by atoms with Gasteiger partial charge in [-0.25, -0.2) is 8.42 Å². The zero-order valence-corrected chi connectivity index (χ0v) is 22.1. The number of benzene rings is 4. The molecule has 37 heavy (non-hydrogen) atoms. The summed E-state index contributed by atoms with van der Waals surface area (Å²) >= 11 is 0. The van der Waals surface area contributed by atoms with Crippen molar-refractivity contribution in [1.82, 2.24) is 5.32 Å². The molecule has 0 spiro atoms. The number of aryl methyl sites for hydroxylation is 2. The molecule has 0 saturated heterocycles. The van der Waals surface area contributed by atoms with Gasteiger partial charge >= 0.3 is 0 Å². The maximum absolute atomic E-state index is 13.8. The number of carbonyl (C=O) groups excluding carboxylic acids is 1. The number of fused-ring (bicyclic) bond motifs is 1. The second-order valence-electron chi connectivity index (χ2n) is 8.83. The summed E-state index contributed by atoms with van der Waals surface area (Å²) in [5.41, 5.74) is 3.11. The number of anilines is 1. The molecule has 8 heteroatoms. The number of rotatable bonds is 9. The van der Waals surface area contributed by atoms with Crippen LogP contribution in [0.5, 0.6) is 11.5 Å². The Morgan fingerprint density at radius 3 is 2.16 bits per heavy atom. The van der Waals surface area contributed by atoms with Gasteiger partial charge in [0.1, 0.15) is 6.54 Å². The van der Waals surface area contributed by atoms with Crippen molar-refractivity contribution in [3.63, 3.8) is 0 Å². The van der Waals surface area contributed by atoms with E-state index >= 15 is 0 Å². The van der Waals surface area contributed by atoms with Gasteiger partial charge in [0.2, 0.25) is 5.91 Å². The van der Waals surface area contributed by atoms with Gasteiger partial charge in [0.05, 0.1) is 24.8 Å². The number of sulfonamides is 1. The van der Waals surface area contributed by atoms with E-state index in [9.17, 15) is 13.2 Å². The highest BCUT2D eigenvalue weighted by molar-refractivity contribution is 7.92. The standard InChI is InChI=1S/C29H30N2O5S/c1-20-13-21(2)15-25(14-20)31(37(33,34)26-11-12-27(35-3)28(17-26)36-4)19-29(32)30-18-22-9-10-23-7-5-6-8-24(23)16-22/h5-17H,18-19H2,1-4H3,(H,30,32). The molecule has 192 valence electrons. The van der Waals surface area contributed by atoms with E-state index in [0.29, 0.717) is 11.4 Å². The van der Waals surface area contributed by atoms with Crippen molar-refractivity contribution in [2.75, 3.05) is 25.1 Å². The molecule has 0 aliphatic carbocycles. The van der Waals surface area contributed by atoms with Crippen molar-refractivity contribution in [1.29, 1.82) is 0 Å². The Morgan fingerprint density at radius 2 is 1.49 bits per heavy atom. The third-order valence-corrected chi connectivity index (χ3v) is 7.80. The highest BCUT2D eigenvalue weighted by Crippen LogP contribution is 2.32. The van der Waals surface area contributed by atoms with E-state index in [1.54, 1.807) is 12.1 Å². The second-order valence-corrected chi connectivity index (χ2v) is 10.7. The first-order valence-electron chi connectivity index (χ1n) is 11.8. The molecule has 1 amide bonds. The van der Waals surface area contributed by atoms with E-state index in [1.165, 1.54) is 32.4 Å². The molecule has 0 unspecified atom stereocenters. The summed E-state index contributed by atoms with van der Waals surface area (Å²) in [6.45, 7) is 3.67. The molecule has 0 aromatic heterocycles. The van der Waals surface area contributed by atoms with Crippen LogP contribution in [0, 0.1) is 13.8 Å². The van der Waals surface area contributed by atoms with Crippen LogP contribution in [0.15, 0.2) is 83.8 Å². The molecule has 4 aromatic rings. The largest absolute Gasteiger partial charge is 0.493 e. The third-order valence-electron chi connectivity index (χ3n) is 6.03. The lowest BCUT2D eigenvalue weighted by molar-refractivity contribution is -0.119. The Hall–Kier alpha value is -4.04. The van der Waals surface area contributed by atoms with Crippen LogP contribution in [0.4, 0.5) is 5.69 Å². The maximum Gasteiger partial charge on any atom is 0.264 e. The highest BCUT2D eigenvalue weighted by atomic mass is 32.2. The van der Waals surface area contributed by atoms with Gasteiger partial charge < -0.3 is 14.8 Å². The molecule has 0 bridgehead atoms. The van der Waals surface area contributed by atoms with Crippen molar-refractivity contribution in [3.05, 3.63) is 95.6 Å². The van der Waals surface area contributed by atoms with E-state index in [0.717, 1.165) is 31.8 Å². The summed E-state index contributed by atoms with van der Waals surface area (Å²) in [7, 11) is -1.19. The predicted molar refractivity (Wildman–Crippen MR) is 146 cm³/mol. The van der Waals surface area contributed by atoms with Gasteiger partial charge in [-0.1, -0.05) is 42.5 Å². The van der Waals surface area contributed by atoms with Crippen LogP contribution in [0.2, 0.25) is 0 Å². The molecule has 1 N–H and O–H groups in total. The molecular weight excluding hydrogens is 488 g/mol. The molecule has 7 nitrogen and oxygen atoms in total. The quantitative estimate of drug-likeness (QED) is 0.338. The molecule has 0 atom stereocenters. The van der Waals surface area contributed by atoms with Crippen molar-refractivity contribution in [3.8, 4) is 11.5 Å². The lowest BCUT2D eigenvalue weighted by Gasteiger charge is -2.25. The van der Waals surface area contributed by atoms with Gasteiger partial charge in [-0.2, -0.15) is 0 Å². The van der Waals surface area contributed by atoms with Crippen LogP contribution in [0.3, 0.4) is 0 Å². The molecule has 4 rings (SSSR count). The average molecular weight is 519 g/mol. The fourth-order valence-electron chi connectivity index (χ4n) is 4.25. The molecule has 0 radical (unpaired) electrons. The predicted octanol–water partition coefficient (Wildman–Crippen LogP) is 4.99. The van der Waals surface area contributed by atoms with Crippen molar-refractivity contribution >= 4 is 32.4 Å². The molecule has 0 heterocycles.